The third-order valence-electron chi connectivity index (χ3n) is 1.46. The quantitative estimate of drug-likeness (QED) is 0.278. The molecule has 78 valence electrons. The van der Waals surface area contributed by atoms with Crippen molar-refractivity contribution in [3.05, 3.63) is 0 Å². The molecule has 6 N–H and O–H groups in total. The minimum Gasteiger partial charge on any atom is -0.394 e. The van der Waals surface area contributed by atoms with Gasteiger partial charge in [-0.3, -0.25) is 9.63 Å². The van der Waals surface area contributed by atoms with E-state index in [0.717, 1.165) is 0 Å². The lowest BCUT2D eigenvalue weighted by Crippen LogP contribution is -2.45. The number of rotatable bonds is 6. The Morgan fingerprint density at radius 2 is 1.92 bits per heavy atom. The van der Waals surface area contributed by atoms with Crippen molar-refractivity contribution in [1.29, 1.82) is 0 Å². The molecule has 0 aliphatic rings. The van der Waals surface area contributed by atoms with Crippen molar-refractivity contribution < 1.29 is 30.1 Å². The van der Waals surface area contributed by atoms with Gasteiger partial charge in [0, 0.05) is 0 Å². The SMILES string of the molecule is NOCC(=O)[C@H](O)[C@@H](O)[C@H](O)CO. The lowest BCUT2D eigenvalue weighted by Gasteiger charge is -2.19. The molecule has 0 fully saturated rings. The fraction of sp³-hybridized carbons (Fsp3) is 0.833. The Hall–Kier alpha value is -0.570. The lowest BCUT2D eigenvalue weighted by molar-refractivity contribution is -0.144. The zero-order chi connectivity index (χ0) is 10.4. The molecule has 0 amide bonds. The van der Waals surface area contributed by atoms with Gasteiger partial charge in [0.25, 0.3) is 0 Å². The molecule has 0 aliphatic carbocycles. The van der Waals surface area contributed by atoms with E-state index < -0.39 is 37.3 Å². The lowest BCUT2D eigenvalue weighted by atomic mass is 10.1. The number of nitrogens with two attached hydrogens (primary N) is 1. The Morgan fingerprint density at radius 1 is 1.38 bits per heavy atom. The van der Waals surface area contributed by atoms with E-state index in [2.05, 4.69) is 10.7 Å². The second kappa shape index (κ2) is 5.97. The standard InChI is InChI=1S/C6H13NO6/c7-13-2-4(10)6(12)5(11)3(9)1-8/h3,5-6,8-9,11-12H,1-2,7H2/t3-,5+,6+/m1/s1. The van der Waals surface area contributed by atoms with Gasteiger partial charge >= 0.3 is 0 Å². The van der Waals surface area contributed by atoms with E-state index in [9.17, 15) is 4.79 Å². The van der Waals surface area contributed by atoms with Crippen molar-refractivity contribution in [2.45, 2.75) is 18.3 Å². The van der Waals surface area contributed by atoms with Crippen molar-refractivity contribution >= 4 is 5.78 Å². The summed E-state index contributed by atoms with van der Waals surface area (Å²) in [5, 5.41) is 35.2. The van der Waals surface area contributed by atoms with E-state index in [1.54, 1.807) is 0 Å². The maximum atomic E-state index is 10.8. The Labute approximate surface area is 74.3 Å². The fourth-order valence-corrected chi connectivity index (χ4v) is 0.676. The molecule has 0 aromatic rings. The molecule has 0 unspecified atom stereocenters. The first-order valence-electron chi connectivity index (χ1n) is 3.54. The van der Waals surface area contributed by atoms with Crippen LogP contribution in [0.4, 0.5) is 0 Å². The van der Waals surface area contributed by atoms with Crippen LogP contribution in [0.15, 0.2) is 0 Å². The molecule has 0 radical (unpaired) electrons. The van der Waals surface area contributed by atoms with Crippen LogP contribution in [0.3, 0.4) is 0 Å². The molecule has 0 rings (SSSR count). The molecule has 0 saturated carbocycles. The molecule has 0 bridgehead atoms. The van der Waals surface area contributed by atoms with Gasteiger partial charge in [-0.05, 0) is 0 Å². The number of ketones is 1. The molecule has 3 atom stereocenters. The van der Waals surface area contributed by atoms with E-state index >= 15 is 0 Å². The fourth-order valence-electron chi connectivity index (χ4n) is 0.676. The molecule has 0 spiro atoms. The van der Waals surface area contributed by atoms with Gasteiger partial charge in [-0.25, -0.2) is 5.90 Å². The summed E-state index contributed by atoms with van der Waals surface area (Å²) in [6.45, 7) is -1.33. The van der Waals surface area contributed by atoms with Crippen LogP contribution >= 0.6 is 0 Å². The van der Waals surface area contributed by atoms with Crippen molar-refractivity contribution in [2.75, 3.05) is 13.2 Å². The molecule has 7 nitrogen and oxygen atoms in total. The second-order valence-corrected chi connectivity index (χ2v) is 2.46. The van der Waals surface area contributed by atoms with E-state index in [4.69, 9.17) is 20.4 Å². The summed E-state index contributed by atoms with van der Waals surface area (Å²) in [5.41, 5.74) is 0. The van der Waals surface area contributed by atoms with E-state index in [-0.39, 0.29) is 0 Å². The smallest absolute Gasteiger partial charge is 0.191 e. The molecular weight excluding hydrogens is 182 g/mol. The number of hydrogen-bond acceptors (Lipinski definition) is 7. The van der Waals surface area contributed by atoms with Gasteiger partial charge in [-0.1, -0.05) is 0 Å². The summed E-state index contributed by atoms with van der Waals surface area (Å²) in [6, 6.07) is 0. The summed E-state index contributed by atoms with van der Waals surface area (Å²) >= 11 is 0. The number of aliphatic hydroxyl groups excluding tert-OH is 4. The summed E-state index contributed by atoms with van der Waals surface area (Å²) in [7, 11) is 0. The minimum atomic E-state index is -1.81. The Morgan fingerprint density at radius 3 is 2.31 bits per heavy atom. The van der Waals surface area contributed by atoms with E-state index in [1.807, 2.05) is 0 Å². The normalized spacial score (nSPS) is 17.9. The van der Waals surface area contributed by atoms with Gasteiger partial charge in [0.15, 0.2) is 5.78 Å². The van der Waals surface area contributed by atoms with Crippen molar-refractivity contribution in [1.82, 2.24) is 0 Å². The summed E-state index contributed by atoms with van der Waals surface area (Å²) in [6.07, 6.45) is -5.13. The Balaban J connectivity index is 4.07. The Bertz CT molecular complexity index is 163. The van der Waals surface area contributed by atoms with Gasteiger partial charge in [0.05, 0.1) is 6.61 Å². The molecule has 7 heteroatoms. The number of hydrogen-bond donors (Lipinski definition) is 5. The van der Waals surface area contributed by atoms with E-state index in [0.29, 0.717) is 0 Å². The van der Waals surface area contributed by atoms with Gasteiger partial charge < -0.3 is 20.4 Å². The van der Waals surface area contributed by atoms with Crippen molar-refractivity contribution in [3.8, 4) is 0 Å². The van der Waals surface area contributed by atoms with Crippen LogP contribution in [0, 0.1) is 0 Å². The predicted octanol–water partition coefficient (Wildman–Crippen LogP) is -3.48. The largest absolute Gasteiger partial charge is 0.394 e. The molecule has 0 aliphatic heterocycles. The predicted molar refractivity (Wildman–Crippen MR) is 40.3 cm³/mol. The number of Topliss-reactive ketones (excluding diaryl/α,β-unsaturated/α-hetero) is 1. The monoisotopic (exact) mass is 195 g/mol. The first kappa shape index (κ1) is 12.4. The van der Waals surface area contributed by atoms with Gasteiger partial charge in [0.2, 0.25) is 0 Å². The van der Waals surface area contributed by atoms with Crippen LogP contribution in [0.5, 0.6) is 0 Å². The van der Waals surface area contributed by atoms with Crippen molar-refractivity contribution in [3.63, 3.8) is 0 Å². The Kier molecular flexibility index (Phi) is 5.71. The topological polar surface area (TPSA) is 133 Å². The maximum Gasteiger partial charge on any atom is 0.191 e. The third kappa shape index (κ3) is 3.77. The summed E-state index contributed by atoms with van der Waals surface area (Å²) in [5.74, 6) is 3.68. The second-order valence-electron chi connectivity index (χ2n) is 2.46. The first-order chi connectivity index (χ1) is 6.04. The van der Waals surface area contributed by atoms with Gasteiger partial charge in [-0.2, -0.15) is 0 Å². The van der Waals surface area contributed by atoms with Crippen LogP contribution < -0.4 is 5.90 Å². The number of carbonyl (C=O) groups is 1. The number of aliphatic hydroxyl groups is 4. The molecule has 0 aromatic heterocycles. The molecule has 0 aromatic carbocycles. The minimum absolute atomic E-state index is 0.573. The average molecular weight is 195 g/mol. The molecule has 0 heterocycles. The molecule has 0 saturated heterocycles. The highest BCUT2D eigenvalue weighted by molar-refractivity contribution is 5.84. The van der Waals surface area contributed by atoms with Crippen LogP contribution in [0.2, 0.25) is 0 Å². The average Bonchev–Trinajstić information content (AvgIpc) is 2.14. The zero-order valence-corrected chi connectivity index (χ0v) is 6.83. The number of carbonyl (C=O) groups excluding carboxylic acids is 1. The van der Waals surface area contributed by atoms with Crippen LogP contribution in [-0.2, 0) is 9.63 Å². The maximum absolute atomic E-state index is 10.8. The van der Waals surface area contributed by atoms with Gasteiger partial charge in [0.1, 0.15) is 24.9 Å². The van der Waals surface area contributed by atoms with Crippen LogP contribution in [0.1, 0.15) is 0 Å². The van der Waals surface area contributed by atoms with E-state index in [1.165, 1.54) is 0 Å². The van der Waals surface area contributed by atoms with Gasteiger partial charge in [-0.15, -0.1) is 0 Å². The zero-order valence-electron chi connectivity index (χ0n) is 6.83. The van der Waals surface area contributed by atoms with Crippen LogP contribution in [-0.4, -0.2) is 57.7 Å². The highest BCUT2D eigenvalue weighted by atomic mass is 16.6. The summed E-state index contributed by atoms with van der Waals surface area (Å²) in [4.78, 5) is 14.7. The van der Waals surface area contributed by atoms with Crippen LogP contribution in [0.25, 0.3) is 0 Å². The van der Waals surface area contributed by atoms with Crippen molar-refractivity contribution in [2.24, 2.45) is 5.90 Å². The molecule has 13 heavy (non-hydrogen) atoms. The summed E-state index contributed by atoms with van der Waals surface area (Å²) < 4.78 is 0. The highest BCUT2D eigenvalue weighted by Gasteiger charge is 2.29. The molecular formula is C6H13NO6. The first-order valence-corrected chi connectivity index (χ1v) is 3.54. The highest BCUT2D eigenvalue weighted by Crippen LogP contribution is 2.01. The third-order valence-corrected chi connectivity index (χ3v) is 1.46.